The molecule has 1 aromatic carbocycles. The quantitative estimate of drug-likeness (QED) is 0.880. The molecule has 0 atom stereocenters. The van der Waals surface area contributed by atoms with Gasteiger partial charge < -0.3 is 10.5 Å². The van der Waals surface area contributed by atoms with E-state index in [1.165, 1.54) is 18.4 Å². The normalized spacial score (nSPS) is 18.1. The van der Waals surface area contributed by atoms with Gasteiger partial charge in [-0.05, 0) is 42.7 Å². The van der Waals surface area contributed by atoms with Gasteiger partial charge in [0.25, 0.3) is 0 Å². The number of benzene rings is 1. The summed E-state index contributed by atoms with van der Waals surface area (Å²) in [5.74, 6) is 0.860. The number of aromatic nitrogens is 1. The molecule has 0 bridgehead atoms. The third-order valence-electron chi connectivity index (χ3n) is 3.98. The molecule has 1 aliphatic rings. The standard InChI is InChI=1S/C15H18N2O/c1-18-11-4-5-14-12(10-11)13(6-9-17-14)15(16)7-2-3-8-15/h4-6,9-10H,2-3,7-8,16H2,1H3. The first-order valence-electron chi connectivity index (χ1n) is 6.45. The van der Waals surface area contributed by atoms with Gasteiger partial charge >= 0.3 is 0 Å². The third-order valence-corrected chi connectivity index (χ3v) is 3.98. The van der Waals surface area contributed by atoms with Crippen LogP contribution in [0.25, 0.3) is 10.9 Å². The lowest BCUT2D eigenvalue weighted by molar-refractivity contribution is 0.415. The molecule has 3 nitrogen and oxygen atoms in total. The van der Waals surface area contributed by atoms with Gasteiger partial charge in [0.15, 0.2) is 0 Å². The summed E-state index contributed by atoms with van der Waals surface area (Å²) in [6, 6.07) is 8.05. The number of nitrogens with zero attached hydrogens (tertiary/aromatic N) is 1. The number of pyridine rings is 1. The van der Waals surface area contributed by atoms with Crippen LogP contribution in [0.5, 0.6) is 5.75 Å². The van der Waals surface area contributed by atoms with E-state index in [0.29, 0.717) is 0 Å². The highest BCUT2D eigenvalue weighted by molar-refractivity contribution is 5.84. The summed E-state index contributed by atoms with van der Waals surface area (Å²) in [5, 5.41) is 1.13. The van der Waals surface area contributed by atoms with Crippen molar-refractivity contribution < 1.29 is 4.74 Å². The Morgan fingerprint density at radius 2 is 2.00 bits per heavy atom. The van der Waals surface area contributed by atoms with Crippen molar-refractivity contribution in [3.8, 4) is 5.75 Å². The van der Waals surface area contributed by atoms with Crippen molar-refractivity contribution in [2.45, 2.75) is 31.2 Å². The molecule has 0 spiro atoms. The van der Waals surface area contributed by atoms with Crippen LogP contribution >= 0.6 is 0 Å². The van der Waals surface area contributed by atoms with Crippen molar-refractivity contribution in [3.05, 3.63) is 36.0 Å². The van der Waals surface area contributed by atoms with Gasteiger partial charge in [0.1, 0.15) is 5.75 Å². The first-order valence-corrected chi connectivity index (χ1v) is 6.45. The van der Waals surface area contributed by atoms with E-state index < -0.39 is 0 Å². The van der Waals surface area contributed by atoms with Crippen molar-refractivity contribution >= 4 is 10.9 Å². The maximum atomic E-state index is 6.57. The van der Waals surface area contributed by atoms with Gasteiger partial charge in [-0.1, -0.05) is 12.8 Å². The van der Waals surface area contributed by atoms with E-state index in [9.17, 15) is 0 Å². The maximum Gasteiger partial charge on any atom is 0.119 e. The molecule has 94 valence electrons. The highest BCUT2D eigenvalue weighted by atomic mass is 16.5. The van der Waals surface area contributed by atoms with Gasteiger partial charge in [-0.3, -0.25) is 4.98 Å². The van der Waals surface area contributed by atoms with Crippen LogP contribution < -0.4 is 10.5 Å². The fourth-order valence-corrected chi connectivity index (χ4v) is 2.96. The summed E-state index contributed by atoms with van der Waals surface area (Å²) in [5.41, 5.74) is 8.59. The minimum absolute atomic E-state index is 0.187. The summed E-state index contributed by atoms with van der Waals surface area (Å²) >= 11 is 0. The Bertz CT molecular complexity index is 574. The lowest BCUT2D eigenvalue weighted by Gasteiger charge is -2.25. The minimum atomic E-state index is -0.187. The van der Waals surface area contributed by atoms with Crippen molar-refractivity contribution in [1.82, 2.24) is 4.98 Å². The molecule has 3 rings (SSSR count). The number of fused-ring (bicyclic) bond motifs is 1. The van der Waals surface area contributed by atoms with Crippen LogP contribution in [0, 0.1) is 0 Å². The molecule has 0 saturated heterocycles. The summed E-state index contributed by atoms with van der Waals surface area (Å²) in [7, 11) is 1.69. The topological polar surface area (TPSA) is 48.1 Å². The third kappa shape index (κ3) is 1.75. The summed E-state index contributed by atoms with van der Waals surface area (Å²) in [6.45, 7) is 0. The number of nitrogens with two attached hydrogens (primary N) is 1. The molecule has 0 unspecified atom stereocenters. The van der Waals surface area contributed by atoms with Gasteiger partial charge in [0.2, 0.25) is 0 Å². The average Bonchev–Trinajstić information content (AvgIpc) is 2.85. The fraction of sp³-hybridized carbons (Fsp3) is 0.400. The molecule has 3 heteroatoms. The Hall–Kier alpha value is -1.61. The number of ether oxygens (including phenoxy) is 1. The lowest BCUT2D eigenvalue weighted by Crippen LogP contribution is -2.33. The number of hydrogen-bond donors (Lipinski definition) is 1. The van der Waals surface area contributed by atoms with E-state index in [1.54, 1.807) is 7.11 Å². The van der Waals surface area contributed by atoms with E-state index in [4.69, 9.17) is 10.5 Å². The Morgan fingerprint density at radius 3 is 2.72 bits per heavy atom. The van der Waals surface area contributed by atoms with Gasteiger partial charge in [0, 0.05) is 17.1 Å². The molecule has 0 radical (unpaired) electrons. The zero-order valence-electron chi connectivity index (χ0n) is 10.6. The highest BCUT2D eigenvalue weighted by Gasteiger charge is 2.32. The highest BCUT2D eigenvalue weighted by Crippen LogP contribution is 2.39. The van der Waals surface area contributed by atoms with Crippen LogP contribution in [0.1, 0.15) is 31.2 Å². The van der Waals surface area contributed by atoms with Gasteiger partial charge in [-0.15, -0.1) is 0 Å². The molecule has 1 heterocycles. The number of methoxy groups -OCH3 is 1. The fourth-order valence-electron chi connectivity index (χ4n) is 2.96. The van der Waals surface area contributed by atoms with Crippen LogP contribution in [0.15, 0.2) is 30.5 Å². The molecule has 1 fully saturated rings. The summed E-state index contributed by atoms with van der Waals surface area (Å²) < 4.78 is 5.30. The Labute approximate surface area is 107 Å². The van der Waals surface area contributed by atoms with Crippen molar-refractivity contribution in [1.29, 1.82) is 0 Å². The second kappa shape index (κ2) is 4.25. The minimum Gasteiger partial charge on any atom is -0.497 e. The molecular formula is C15H18N2O. The number of rotatable bonds is 2. The van der Waals surface area contributed by atoms with Crippen LogP contribution in [0.4, 0.5) is 0 Å². The van der Waals surface area contributed by atoms with Gasteiger partial charge in [-0.2, -0.15) is 0 Å². The molecule has 18 heavy (non-hydrogen) atoms. The van der Waals surface area contributed by atoms with Crippen molar-refractivity contribution in [3.63, 3.8) is 0 Å². The van der Waals surface area contributed by atoms with Crippen LogP contribution in [0.3, 0.4) is 0 Å². The summed E-state index contributed by atoms with van der Waals surface area (Å²) in [4.78, 5) is 4.41. The van der Waals surface area contributed by atoms with Gasteiger partial charge in [-0.25, -0.2) is 0 Å². The molecule has 0 amide bonds. The number of hydrogen-bond acceptors (Lipinski definition) is 3. The zero-order valence-corrected chi connectivity index (χ0v) is 10.6. The van der Waals surface area contributed by atoms with E-state index in [2.05, 4.69) is 11.1 Å². The molecule has 1 aliphatic carbocycles. The molecule has 1 aromatic heterocycles. The molecule has 1 saturated carbocycles. The summed E-state index contributed by atoms with van der Waals surface area (Å²) in [6.07, 6.45) is 6.40. The molecular weight excluding hydrogens is 224 g/mol. The zero-order chi connectivity index (χ0) is 12.6. The largest absolute Gasteiger partial charge is 0.497 e. The Balaban J connectivity index is 2.21. The second-order valence-electron chi connectivity index (χ2n) is 5.10. The average molecular weight is 242 g/mol. The smallest absolute Gasteiger partial charge is 0.119 e. The van der Waals surface area contributed by atoms with E-state index in [0.717, 1.165) is 29.5 Å². The molecule has 2 N–H and O–H groups in total. The van der Waals surface area contributed by atoms with Crippen LogP contribution in [0.2, 0.25) is 0 Å². The Kier molecular flexibility index (Phi) is 2.71. The van der Waals surface area contributed by atoms with Gasteiger partial charge in [0.05, 0.1) is 12.6 Å². The first-order chi connectivity index (χ1) is 8.73. The second-order valence-corrected chi connectivity index (χ2v) is 5.10. The van der Waals surface area contributed by atoms with Crippen molar-refractivity contribution in [2.24, 2.45) is 5.73 Å². The van der Waals surface area contributed by atoms with Crippen LogP contribution in [-0.4, -0.2) is 12.1 Å². The van der Waals surface area contributed by atoms with E-state index >= 15 is 0 Å². The molecule has 2 aromatic rings. The SMILES string of the molecule is COc1ccc2nccc(C3(N)CCCC3)c2c1. The van der Waals surface area contributed by atoms with Crippen molar-refractivity contribution in [2.75, 3.05) is 7.11 Å². The predicted octanol–water partition coefficient (Wildman–Crippen LogP) is 2.97. The Morgan fingerprint density at radius 1 is 1.22 bits per heavy atom. The van der Waals surface area contributed by atoms with Crippen LogP contribution in [-0.2, 0) is 5.54 Å². The van der Waals surface area contributed by atoms with E-state index in [1.807, 2.05) is 24.4 Å². The lowest BCUT2D eigenvalue weighted by atomic mass is 9.87. The van der Waals surface area contributed by atoms with E-state index in [-0.39, 0.29) is 5.54 Å². The molecule has 0 aliphatic heterocycles. The monoisotopic (exact) mass is 242 g/mol. The maximum absolute atomic E-state index is 6.57. The first kappa shape index (κ1) is 11.5. The predicted molar refractivity (Wildman–Crippen MR) is 72.6 cm³/mol.